The molecule has 0 bridgehead atoms. The Balaban J connectivity index is 1.44. The Bertz CT molecular complexity index is 628. The number of benzene rings is 1. The van der Waals surface area contributed by atoms with Crippen LogP contribution in [0.4, 0.5) is 0 Å². The fraction of sp³-hybridized carbons (Fsp3) is 0.667. The van der Waals surface area contributed by atoms with Gasteiger partial charge >= 0.3 is 0 Å². The number of ketones is 1. The smallest absolute Gasteiger partial charge is 0.188 e. The second-order valence-corrected chi connectivity index (χ2v) is 8.02. The van der Waals surface area contributed by atoms with E-state index < -0.39 is 6.61 Å². The number of rotatable bonds is 3. The Morgan fingerprint density at radius 3 is 2.64 bits per heavy atom. The van der Waals surface area contributed by atoms with Crippen LogP contribution in [-0.2, 0) is 6.42 Å². The number of likely N-dealkylation sites (tertiary alicyclic amines) is 1. The first-order valence-corrected chi connectivity index (χ1v) is 9.89. The topological polar surface area (TPSA) is 49.8 Å². The molecule has 25 heavy (non-hydrogen) atoms. The summed E-state index contributed by atoms with van der Waals surface area (Å²) in [4.78, 5) is 14.5. The van der Waals surface area contributed by atoms with E-state index in [0.717, 1.165) is 50.6 Å². The van der Waals surface area contributed by atoms with Gasteiger partial charge in [0.05, 0.1) is 0 Å². The predicted molar refractivity (Wildman–Crippen MR) is 97.2 cm³/mol. The van der Waals surface area contributed by atoms with Crippen LogP contribution in [0.25, 0.3) is 0 Å². The molecular formula is C21H29NO3. The molecule has 1 N–H and O–H groups in total. The summed E-state index contributed by atoms with van der Waals surface area (Å²) in [5, 5.41) is 9.09. The lowest BCUT2D eigenvalue weighted by Gasteiger charge is -2.47. The molecule has 0 unspecified atom stereocenters. The molecule has 1 aliphatic carbocycles. The molecule has 0 amide bonds. The van der Waals surface area contributed by atoms with E-state index in [9.17, 15) is 4.79 Å². The highest BCUT2D eigenvalue weighted by Gasteiger charge is 2.40. The first-order valence-electron chi connectivity index (χ1n) is 9.89. The van der Waals surface area contributed by atoms with Crippen molar-refractivity contribution in [2.24, 2.45) is 0 Å². The molecule has 0 atom stereocenters. The molecule has 3 aliphatic rings. The van der Waals surface area contributed by atoms with Gasteiger partial charge in [-0.3, -0.25) is 4.79 Å². The van der Waals surface area contributed by atoms with E-state index in [0.29, 0.717) is 5.56 Å². The van der Waals surface area contributed by atoms with Gasteiger partial charge in [-0.15, -0.1) is 0 Å². The maximum atomic E-state index is 11.8. The van der Waals surface area contributed by atoms with Gasteiger partial charge in [0.15, 0.2) is 5.78 Å². The van der Waals surface area contributed by atoms with E-state index in [1.807, 2.05) is 18.2 Å². The largest absolute Gasteiger partial charge is 0.487 e. The van der Waals surface area contributed by atoms with E-state index >= 15 is 0 Å². The van der Waals surface area contributed by atoms with E-state index in [1.54, 1.807) is 0 Å². The lowest BCUT2D eigenvalue weighted by Crippen LogP contribution is -2.52. The quantitative estimate of drug-likeness (QED) is 0.855. The van der Waals surface area contributed by atoms with Gasteiger partial charge in [-0.25, -0.2) is 0 Å². The second-order valence-electron chi connectivity index (χ2n) is 8.02. The third kappa shape index (κ3) is 3.47. The number of aliphatic hydroxyl groups excluding tert-OH is 1. The molecule has 0 aromatic heterocycles. The number of ether oxygens (including phenoxy) is 1. The maximum Gasteiger partial charge on any atom is 0.188 e. The average molecular weight is 343 g/mol. The Labute approximate surface area is 150 Å². The molecule has 1 aromatic rings. The maximum absolute atomic E-state index is 11.8. The number of carbonyl (C=O) groups is 1. The number of aliphatic hydroxyl groups is 1. The number of hydrogen-bond donors (Lipinski definition) is 1. The fourth-order valence-corrected chi connectivity index (χ4v) is 4.86. The minimum absolute atomic E-state index is 0.0565. The van der Waals surface area contributed by atoms with Gasteiger partial charge in [-0.1, -0.05) is 31.4 Å². The molecule has 2 fully saturated rings. The Morgan fingerprint density at radius 2 is 1.92 bits per heavy atom. The standard InChI is InChI=1S/C21H29NO3/c23-15-19(24)17-7-6-16-8-9-21(25-20(16)14-17)10-12-22(13-11-21)18-4-2-1-3-5-18/h6-7,14,18,23H,1-5,8-13,15H2. The summed E-state index contributed by atoms with van der Waals surface area (Å²) < 4.78 is 6.47. The minimum Gasteiger partial charge on any atom is -0.487 e. The number of piperidine rings is 1. The first kappa shape index (κ1) is 17.0. The lowest BCUT2D eigenvalue weighted by atomic mass is 9.81. The zero-order valence-corrected chi connectivity index (χ0v) is 15.0. The van der Waals surface area contributed by atoms with E-state index in [4.69, 9.17) is 9.84 Å². The van der Waals surface area contributed by atoms with Crippen molar-refractivity contribution in [1.82, 2.24) is 4.90 Å². The Hall–Kier alpha value is -1.39. The van der Waals surface area contributed by atoms with Crippen molar-refractivity contribution in [2.75, 3.05) is 19.7 Å². The molecule has 1 saturated heterocycles. The summed E-state index contributed by atoms with van der Waals surface area (Å²) in [6.45, 7) is 1.82. The lowest BCUT2D eigenvalue weighted by molar-refractivity contribution is -0.0284. The van der Waals surface area contributed by atoms with E-state index in [2.05, 4.69) is 4.90 Å². The highest BCUT2D eigenvalue weighted by atomic mass is 16.5. The molecule has 1 saturated carbocycles. The van der Waals surface area contributed by atoms with Gasteiger partial charge in [0.25, 0.3) is 0 Å². The molecule has 136 valence electrons. The Morgan fingerprint density at radius 1 is 1.16 bits per heavy atom. The number of carbonyl (C=O) groups excluding carboxylic acids is 1. The number of fused-ring (bicyclic) bond motifs is 1. The first-order chi connectivity index (χ1) is 12.2. The van der Waals surface area contributed by atoms with Crippen LogP contribution in [0.3, 0.4) is 0 Å². The number of hydrogen-bond acceptors (Lipinski definition) is 4. The van der Waals surface area contributed by atoms with Crippen molar-refractivity contribution in [3.05, 3.63) is 29.3 Å². The minimum atomic E-state index is -0.444. The van der Waals surface area contributed by atoms with Crippen LogP contribution >= 0.6 is 0 Å². The summed E-state index contributed by atoms with van der Waals surface area (Å²) >= 11 is 0. The van der Waals surface area contributed by atoms with Crippen LogP contribution in [-0.4, -0.2) is 47.1 Å². The predicted octanol–water partition coefficient (Wildman–Crippen LogP) is 3.35. The SMILES string of the molecule is O=C(CO)c1ccc2c(c1)OC1(CC2)CCN(C2CCCCC2)CC1. The van der Waals surface area contributed by atoms with E-state index in [1.165, 1.54) is 37.7 Å². The van der Waals surface area contributed by atoms with Crippen LogP contribution in [0.2, 0.25) is 0 Å². The number of Topliss-reactive ketones (excluding diaryl/α,β-unsaturated/α-hetero) is 1. The van der Waals surface area contributed by atoms with Crippen molar-refractivity contribution < 1.29 is 14.6 Å². The summed E-state index contributed by atoms with van der Waals surface area (Å²) in [7, 11) is 0. The van der Waals surface area contributed by atoms with Crippen LogP contribution in [0, 0.1) is 0 Å². The molecule has 1 aromatic carbocycles. The summed E-state index contributed by atoms with van der Waals surface area (Å²) in [5.41, 5.74) is 1.69. The zero-order chi connectivity index (χ0) is 17.3. The molecule has 4 rings (SSSR count). The summed E-state index contributed by atoms with van der Waals surface area (Å²) in [5.74, 6) is 0.620. The molecule has 4 nitrogen and oxygen atoms in total. The molecule has 2 heterocycles. The summed E-state index contributed by atoms with van der Waals surface area (Å²) in [6.07, 6.45) is 11.2. The zero-order valence-electron chi connectivity index (χ0n) is 15.0. The third-order valence-corrected chi connectivity index (χ3v) is 6.51. The highest BCUT2D eigenvalue weighted by molar-refractivity contribution is 5.97. The van der Waals surface area contributed by atoms with Gasteiger partial charge in [-0.05, 0) is 50.2 Å². The van der Waals surface area contributed by atoms with Crippen LogP contribution < -0.4 is 4.74 Å². The van der Waals surface area contributed by atoms with Crippen molar-refractivity contribution >= 4 is 5.78 Å². The third-order valence-electron chi connectivity index (χ3n) is 6.51. The number of nitrogens with zero attached hydrogens (tertiary/aromatic N) is 1. The van der Waals surface area contributed by atoms with Crippen molar-refractivity contribution in [2.45, 2.75) is 69.4 Å². The Kier molecular flexibility index (Phi) is 4.83. The fourth-order valence-electron chi connectivity index (χ4n) is 4.86. The number of aryl methyl sites for hydroxylation is 1. The van der Waals surface area contributed by atoms with Crippen LogP contribution in [0.5, 0.6) is 5.75 Å². The van der Waals surface area contributed by atoms with Crippen molar-refractivity contribution in [3.8, 4) is 5.75 Å². The van der Waals surface area contributed by atoms with Gasteiger partial charge < -0.3 is 14.7 Å². The second kappa shape index (κ2) is 7.08. The van der Waals surface area contributed by atoms with Crippen LogP contribution in [0.15, 0.2) is 18.2 Å². The molecule has 1 spiro atoms. The van der Waals surface area contributed by atoms with Crippen molar-refractivity contribution in [1.29, 1.82) is 0 Å². The van der Waals surface area contributed by atoms with Gasteiger partial charge in [0.1, 0.15) is 18.0 Å². The van der Waals surface area contributed by atoms with Crippen molar-refractivity contribution in [3.63, 3.8) is 0 Å². The summed E-state index contributed by atoms with van der Waals surface area (Å²) in [6, 6.07) is 6.42. The van der Waals surface area contributed by atoms with E-state index in [-0.39, 0.29) is 11.4 Å². The van der Waals surface area contributed by atoms with Gasteiger partial charge in [-0.2, -0.15) is 0 Å². The molecule has 4 heteroatoms. The highest BCUT2D eigenvalue weighted by Crippen LogP contribution is 2.40. The van der Waals surface area contributed by atoms with Crippen LogP contribution in [0.1, 0.15) is 67.3 Å². The molecular weight excluding hydrogens is 314 g/mol. The average Bonchev–Trinajstić information content (AvgIpc) is 2.68. The molecule has 2 aliphatic heterocycles. The monoisotopic (exact) mass is 343 g/mol. The molecule has 0 radical (unpaired) electrons. The van der Waals surface area contributed by atoms with Gasteiger partial charge in [0, 0.05) is 24.7 Å². The van der Waals surface area contributed by atoms with Gasteiger partial charge in [0.2, 0.25) is 0 Å². The normalized spacial score (nSPS) is 23.9.